The fraction of sp³-hybridized carbons (Fsp3) is 0.0857. The number of hydrogen-bond acceptors (Lipinski definition) is 1. The third kappa shape index (κ3) is 3.84. The maximum absolute atomic E-state index is 6.61. The summed E-state index contributed by atoms with van der Waals surface area (Å²) in [6.07, 6.45) is 1.81. The van der Waals surface area contributed by atoms with Crippen LogP contribution in [0.4, 0.5) is 0 Å². The van der Waals surface area contributed by atoms with Crippen molar-refractivity contribution in [1.82, 2.24) is 0 Å². The molecule has 0 aliphatic heterocycles. The molecule has 7 rings (SSSR count). The SMILES string of the molecule is COc1ccc2c(c1)CCc1c-2[o+]c2ccccc2c1-c1cc(-c2ccccc2)[o+]c(-c2ccccc2)c1. The van der Waals surface area contributed by atoms with Gasteiger partial charge in [0.15, 0.2) is 0 Å². The molecule has 0 radical (unpaired) electrons. The van der Waals surface area contributed by atoms with Gasteiger partial charge in [0.25, 0.3) is 0 Å². The number of ether oxygens (including phenoxy) is 1. The van der Waals surface area contributed by atoms with Gasteiger partial charge in [-0.25, -0.2) is 8.83 Å². The van der Waals surface area contributed by atoms with Crippen LogP contribution in [-0.4, -0.2) is 7.11 Å². The van der Waals surface area contributed by atoms with Crippen molar-refractivity contribution in [1.29, 1.82) is 0 Å². The summed E-state index contributed by atoms with van der Waals surface area (Å²) >= 11 is 0. The molecule has 0 N–H and O–H groups in total. The molecule has 38 heavy (non-hydrogen) atoms. The Morgan fingerprint density at radius 1 is 0.605 bits per heavy atom. The van der Waals surface area contributed by atoms with E-state index in [9.17, 15) is 0 Å². The Kier molecular flexibility index (Phi) is 5.48. The van der Waals surface area contributed by atoms with Crippen molar-refractivity contribution in [2.75, 3.05) is 7.11 Å². The largest absolute Gasteiger partial charge is 0.497 e. The van der Waals surface area contributed by atoms with Gasteiger partial charge in [-0.3, -0.25) is 0 Å². The fourth-order valence-electron chi connectivity index (χ4n) is 5.52. The van der Waals surface area contributed by atoms with E-state index in [1.54, 1.807) is 7.11 Å². The van der Waals surface area contributed by atoms with E-state index in [4.69, 9.17) is 13.6 Å². The van der Waals surface area contributed by atoms with E-state index in [2.05, 4.69) is 66.7 Å². The molecule has 0 atom stereocenters. The van der Waals surface area contributed by atoms with Crippen LogP contribution in [0, 0.1) is 0 Å². The Morgan fingerprint density at radius 3 is 1.95 bits per heavy atom. The number of fused-ring (bicyclic) bond motifs is 4. The Balaban J connectivity index is 1.53. The lowest BCUT2D eigenvalue weighted by atomic mass is 9.84. The quantitative estimate of drug-likeness (QED) is 0.229. The zero-order valence-corrected chi connectivity index (χ0v) is 21.1. The zero-order valence-electron chi connectivity index (χ0n) is 21.1. The lowest BCUT2D eigenvalue weighted by Crippen LogP contribution is -2.07. The monoisotopic (exact) mass is 494 g/mol. The van der Waals surface area contributed by atoms with Crippen molar-refractivity contribution in [3.8, 4) is 50.8 Å². The average molecular weight is 495 g/mol. The van der Waals surface area contributed by atoms with Crippen molar-refractivity contribution in [2.24, 2.45) is 0 Å². The van der Waals surface area contributed by atoms with Gasteiger partial charge in [0.05, 0.1) is 46.9 Å². The van der Waals surface area contributed by atoms with Crippen molar-refractivity contribution >= 4 is 11.0 Å². The average Bonchev–Trinajstić information content (AvgIpc) is 3.00. The maximum Gasteiger partial charge on any atom is 0.364 e. The Labute approximate surface area is 221 Å². The molecule has 0 spiro atoms. The van der Waals surface area contributed by atoms with Gasteiger partial charge in [-0.1, -0.05) is 48.5 Å². The van der Waals surface area contributed by atoms with Gasteiger partial charge in [-0.15, -0.1) is 0 Å². The second-order valence-corrected chi connectivity index (χ2v) is 9.61. The van der Waals surface area contributed by atoms with Gasteiger partial charge in [0, 0.05) is 17.2 Å². The van der Waals surface area contributed by atoms with E-state index in [0.29, 0.717) is 0 Å². The van der Waals surface area contributed by atoms with E-state index in [1.165, 1.54) is 16.7 Å². The number of methoxy groups -OCH3 is 1. The smallest absolute Gasteiger partial charge is 0.364 e. The van der Waals surface area contributed by atoms with Gasteiger partial charge < -0.3 is 4.74 Å². The van der Waals surface area contributed by atoms with Gasteiger partial charge in [0.2, 0.25) is 0 Å². The predicted octanol–water partition coefficient (Wildman–Crippen LogP) is 9.36. The predicted molar refractivity (Wildman–Crippen MR) is 153 cm³/mol. The number of rotatable bonds is 4. The molecule has 3 nitrogen and oxygen atoms in total. The summed E-state index contributed by atoms with van der Waals surface area (Å²) in [5, 5.41) is 1.10. The highest BCUT2D eigenvalue weighted by Gasteiger charge is 2.34. The van der Waals surface area contributed by atoms with Gasteiger partial charge in [0.1, 0.15) is 5.75 Å². The molecular weight excluding hydrogens is 468 g/mol. The van der Waals surface area contributed by atoms with Crippen LogP contribution in [0.15, 0.2) is 124 Å². The molecule has 6 aromatic rings. The molecule has 1 aliphatic carbocycles. The minimum atomic E-state index is 0.835. The van der Waals surface area contributed by atoms with Gasteiger partial charge >= 0.3 is 22.9 Å². The van der Waals surface area contributed by atoms with Crippen molar-refractivity contribution in [3.05, 3.63) is 126 Å². The first-order valence-corrected chi connectivity index (χ1v) is 12.9. The number of hydrogen-bond donors (Lipinski definition) is 0. The molecule has 0 bridgehead atoms. The van der Waals surface area contributed by atoms with E-state index in [0.717, 1.165) is 69.1 Å². The minimum Gasteiger partial charge on any atom is -0.497 e. The van der Waals surface area contributed by atoms with Crippen molar-refractivity contribution in [3.63, 3.8) is 0 Å². The summed E-state index contributed by atoms with van der Waals surface area (Å²) in [5.41, 5.74) is 8.89. The summed E-state index contributed by atoms with van der Waals surface area (Å²) < 4.78 is 18.6. The highest BCUT2D eigenvalue weighted by atomic mass is 16.5. The van der Waals surface area contributed by atoms with Crippen LogP contribution in [0.1, 0.15) is 11.1 Å². The number of para-hydroxylation sites is 1. The van der Waals surface area contributed by atoms with Crippen LogP contribution in [-0.2, 0) is 12.8 Å². The lowest BCUT2D eigenvalue weighted by Gasteiger charge is -2.17. The standard InChI is InChI=1S/C35H26O3/c1-36-27-17-19-28-25(20-27)16-18-30-34(29-14-8-9-15-31(29)38-35(28)30)26-21-32(23-10-4-2-5-11-23)37-33(22-26)24-12-6-3-7-13-24/h2-15,17,19-22H,16,18H2,1H3/q+2. The number of benzene rings is 4. The van der Waals surface area contributed by atoms with Crippen LogP contribution >= 0.6 is 0 Å². The second kappa shape index (κ2) is 9.28. The minimum absolute atomic E-state index is 0.835. The molecule has 0 fully saturated rings. The Bertz CT molecular complexity index is 1730. The second-order valence-electron chi connectivity index (χ2n) is 9.61. The van der Waals surface area contributed by atoms with Crippen LogP contribution in [0.2, 0.25) is 0 Å². The highest BCUT2D eigenvalue weighted by Crippen LogP contribution is 2.45. The van der Waals surface area contributed by atoms with Crippen LogP contribution in [0.3, 0.4) is 0 Å². The van der Waals surface area contributed by atoms with Crippen LogP contribution < -0.4 is 4.74 Å². The first-order chi connectivity index (χ1) is 18.8. The third-order valence-electron chi connectivity index (χ3n) is 7.34. The normalized spacial score (nSPS) is 12.1. The summed E-state index contributed by atoms with van der Waals surface area (Å²) in [5.74, 6) is 3.48. The third-order valence-corrected chi connectivity index (χ3v) is 7.34. The van der Waals surface area contributed by atoms with Crippen LogP contribution in [0.25, 0.3) is 56.1 Å². The topological polar surface area (TPSA) is 31.8 Å². The molecule has 182 valence electrons. The Morgan fingerprint density at radius 2 is 1.26 bits per heavy atom. The van der Waals surface area contributed by atoms with E-state index >= 15 is 0 Å². The van der Waals surface area contributed by atoms with Crippen LogP contribution in [0.5, 0.6) is 5.75 Å². The number of aryl methyl sites for hydroxylation is 1. The molecule has 2 heterocycles. The molecule has 2 aromatic heterocycles. The molecule has 0 unspecified atom stereocenters. The molecule has 1 aliphatic rings. The highest BCUT2D eigenvalue weighted by molar-refractivity contribution is 5.99. The summed E-state index contributed by atoms with van der Waals surface area (Å²) in [4.78, 5) is 0. The first-order valence-electron chi connectivity index (χ1n) is 12.9. The van der Waals surface area contributed by atoms with Crippen molar-refractivity contribution < 1.29 is 13.6 Å². The summed E-state index contributed by atoms with van der Waals surface area (Å²) in [7, 11) is 1.71. The molecule has 0 saturated carbocycles. The van der Waals surface area contributed by atoms with Gasteiger partial charge in [-0.2, -0.15) is 0 Å². The van der Waals surface area contributed by atoms with Gasteiger partial charge in [-0.05, 0) is 66.9 Å². The lowest BCUT2D eigenvalue weighted by molar-refractivity contribution is 0.414. The maximum atomic E-state index is 6.61. The molecule has 0 amide bonds. The molecule has 3 heteroatoms. The summed E-state index contributed by atoms with van der Waals surface area (Å²) in [6.45, 7) is 0. The Hall–Kier alpha value is -4.76. The summed E-state index contributed by atoms with van der Waals surface area (Å²) in [6, 6.07) is 39.6. The molecular formula is C35H26O3+2. The van der Waals surface area contributed by atoms with E-state index < -0.39 is 0 Å². The van der Waals surface area contributed by atoms with E-state index in [-0.39, 0.29) is 0 Å². The molecule has 4 aromatic carbocycles. The van der Waals surface area contributed by atoms with Crippen molar-refractivity contribution in [2.45, 2.75) is 12.8 Å². The first kappa shape index (κ1) is 22.4. The van der Waals surface area contributed by atoms with E-state index in [1.807, 2.05) is 48.5 Å². The molecule has 0 saturated heterocycles. The fourth-order valence-corrected chi connectivity index (χ4v) is 5.52. The zero-order chi connectivity index (χ0) is 25.5.